The number of hydrogen-bond acceptors (Lipinski definition) is 11. The SMILES string of the molecule is NCc1nc2c(-c3ccc(S(=O)(=O)NCC4CNCCN4)c(S(N)(=O)=O)c3-c3nn[nH]n3)cccc2[nH]1. The summed E-state index contributed by atoms with van der Waals surface area (Å²) in [4.78, 5) is 6.42. The standard InChI is InChI=1S/C20H25N11O4S2/c21-8-16-26-14-3-1-2-13(18(14)27-16)12-4-5-15(37(34,35)25-10-11-9-23-6-7-24-11)19(36(22,32)33)17(12)20-28-30-31-29-20/h1-5,11,23-25H,6-10,21H2,(H,26,27)(H2,22,32,33)(H,28,29,30,31). The number of nitrogens with one attached hydrogen (secondary N) is 5. The Bertz CT molecular complexity index is 1640. The quantitative estimate of drug-likeness (QED) is 0.132. The summed E-state index contributed by atoms with van der Waals surface area (Å²) in [5.41, 5.74) is 7.55. The molecule has 1 atom stereocenters. The summed E-state index contributed by atoms with van der Waals surface area (Å²) < 4.78 is 55.2. The molecule has 0 aliphatic carbocycles. The second kappa shape index (κ2) is 9.86. The fraction of sp³-hybridized carbons (Fsp3) is 0.300. The highest BCUT2D eigenvalue weighted by molar-refractivity contribution is 7.92. The van der Waals surface area contributed by atoms with Crippen LogP contribution in [0.2, 0.25) is 0 Å². The van der Waals surface area contributed by atoms with E-state index in [1.807, 2.05) is 0 Å². The number of imidazole rings is 1. The Morgan fingerprint density at radius 3 is 2.59 bits per heavy atom. The van der Waals surface area contributed by atoms with Crippen LogP contribution in [0.25, 0.3) is 33.5 Å². The molecular formula is C20H25N11O4S2. The van der Waals surface area contributed by atoms with E-state index in [0.717, 1.165) is 6.54 Å². The van der Waals surface area contributed by atoms with Crippen LogP contribution in [-0.2, 0) is 26.6 Å². The van der Waals surface area contributed by atoms with E-state index in [0.29, 0.717) is 41.1 Å². The van der Waals surface area contributed by atoms with Crippen LogP contribution in [0.3, 0.4) is 0 Å². The lowest BCUT2D eigenvalue weighted by Crippen LogP contribution is -2.53. The zero-order valence-electron chi connectivity index (χ0n) is 19.4. The summed E-state index contributed by atoms with van der Waals surface area (Å²) in [6.07, 6.45) is 0. The van der Waals surface area contributed by atoms with Gasteiger partial charge in [0.2, 0.25) is 25.9 Å². The first-order chi connectivity index (χ1) is 17.7. The van der Waals surface area contributed by atoms with Crippen LogP contribution >= 0.6 is 0 Å². The molecule has 5 rings (SSSR count). The highest BCUT2D eigenvalue weighted by Gasteiger charge is 2.33. The lowest BCUT2D eigenvalue weighted by molar-refractivity contribution is 0.414. The number of rotatable bonds is 8. The highest BCUT2D eigenvalue weighted by atomic mass is 32.2. The Morgan fingerprint density at radius 2 is 1.92 bits per heavy atom. The summed E-state index contributed by atoms with van der Waals surface area (Å²) in [6, 6.07) is 7.74. The Labute approximate surface area is 211 Å². The summed E-state index contributed by atoms with van der Waals surface area (Å²) >= 11 is 0. The first-order valence-corrected chi connectivity index (χ1v) is 14.3. The van der Waals surface area contributed by atoms with Crippen molar-refractivity contribution in [3.63, 3.8) is 0 Å². The van der Waals surface area contributed by atoms with Crippen LogP contribution in [0.1, 0.15) is 5.82 Å². The maximum atomic E-state index is 13.4. The van der Waals surface area contributed by atoms with Gasteiger partial charge in [-0.1, -0.05) is 18.2 Å². The first-order valence-electron chi connectivity index (χ1n) is 11.2. The van der Waals surface area contributed by atoms with Crippen molar-refractivity contribution >= 4 is 31.1 Å². The molecule has 1 aliphatic rings. The zero-order chi connectivity index (χ0) is 26.2. The van der Waals surface area contributed by atoms with Crippen LogP contribution in [0.15, 0.2) is 40.1 Å². The van der Waals surface area contributed by atoms with Gasteiger partial charge in [-0.05, 0) is 22.9 Å². The van der Waals surface area contributed by atoms with Crippen molar-refractivity contribution in [2.24, 2.45) is 10.9 Å². The third-order valence-corrected chi connectivity index (χ3v) is 8.54. The molecule has 37 heavy (non-hydrogen) atoms. The number of fused-ring (bicyclic) bond motifs is 1. The van der Waals surface area contributed by atoms with Crippen molar-refractivity contribution in [3.05, 3.63) is 36.2 Å². The molecule has 196 valence electrons. The Balaban J connectivity index is 1.72. The van der Waals surface area contributed by atoms with Gasteiger partial charge in [0, 0.05) is 37.8 Å². The number of benzene rings is 2. The molecule has 0 saturated carbocycles. The highest BCUT2D eigenvalue weighted by Crippen LogP contribution is 2.40. The number of sulfonamides is 2. The van der Waals surface area contributed by atoms with Gasteiger partial charge >= 0.3 is 0 Å². The topological polar surface area (TPSA) is 240 Å². The van der Waals surface area contributed by atoms with Gasteiger partial charge < -0.3 is 21.4 Å². The van der Waals surface area contributed by atoms with Gasteiger partial charge in [0.1, 0.15) is 15.6 Å². The third kappa shape index (κ3) is 4.97. The molecule has 4 aromatic rings. The lowest BCUT2D eigenvalue weighted by Gasteiger charge is -2.25. The number of aromatic amines is 2. The monoisotopic (exact) mass is 547 g/mol. The van der Waals surface area contributed by atoms with Gasteiger partial charge in [0.25, 0.3) is 0 Å². The number of primary sulfonamides is 1. The molecule has 0 amide bonds. The summed E-state index contributed by atoms with van der Waals surface area (Å²) in [7, 11) is -8.95. The third-order valence-electron chi connectivity index (χ3n) is 5.96. The van der Waals surface area contributed by atoms with E-state index in [2.05, 4.69) is 45.9 Å². The predicted molar refractivity (Wildman–Crippen MR) is 134 cm³/mol. The molecule has 0 radical (unpaired) electrons. The van der Waals surface area contributed by atoms with Crippen molar-refractivity contribution < 1.29 is 16.8 Å². The number of nitrogens with two attached hydrogens (primary N) is 2. The van der Waals surface area contributed by atoms with Crippen LogP contribution in [0.5, 0.6) is 0 Å². The molecule has 0 spiro atoms. The number of hydrogen-bond donors (Lipinski definition) is 7. The molecule has 2 aromatic heterocycles. The van der Waals surface area contributed by atoms with E-state index in [4.69, 9.17) is 10.9 Å². The zero-order valence-corrected chi connectivity index (χ0v) is 21.0. The van der Waals surface area contributed by atoms with E-state index in [-0.39, 0.29) is 30.5 Å². The van der Waals surface area contributed by atoms with Gasteiger partial charge in [0.15, 0.2) is 0 Å². The van der Waals surface area contributed by atoms with Crippen LogP contribution < -0.4 is 26.2 Å². The average molecular weight is 548 g/mol. The molecular weight excluding hydrogens is 522 g/mol. The smallest absolute Gasteiger partial charge is 0.241 e. The van der Waals surface area contributed by atoms with E-state index >= 15 is 0 Å². The largest absolute Gasteiger partial charge is 0.341 e. The second-order valence-electron chi connectivity index (χ2n) is 8.39. The van der Waals surface area contributed by atoms with E-state index < -0.39 is 29.8 Å². The van der Waals surface area contributed by atoms with Crippen LogP contribution in [0.4, 0.5) is 0 Å². The van der Waals surface area contributed by atoms with Gasteiger partial charge in [-0.2, -0.15) is 5.21 Å². The first kappa shape index (κ1) is 25.3. The van der Waals surface area contributed by atoms with Gasteiger partial charge in [0.05, 0.1) is 23.1 Å². The molecule has 3 heterocycles. The normalized spacial score (nSPS) is 16.9. The number of para-hydroxylation sites is 1. The van der Waals surface area contributed by atoms with Gasteiger partial charge in [-0.3, -0.25) is 0 Å². The van der Waals surface area contributed by atoms with Crippen molar-refractivity contribution in [2.45, 2.75) is 22.4 Å². The van der Waals surface area contributed by atoms with Crippen molar-refractivity contribution in [1.82, 2.24) is 45.9 Å². The number of tetrazole rings is 1. The minimum atomic E-state index is -4.62. The van der Waals surface area contributed by atoms with Crippen molar-refractivity contribution in [2.75, 3.05) is 26.2 Å². The number of nitrogens with zero attached hydrogens (tertiary/aromatic N) is 4. The molecule has 15 nitrogen and oxygen atoms in total. The van der Waals surface area contributed by atoms with Gasteiger partial charge in [-0.15, -0.1) is 10.2 Å². The fourth-order valence-electron chi connectivity index (χ4n) is 4.31. The number of piperazine rings is 1. The molecule has 9 N–H and O–H groups in total. The van der Waals surface area contributed by atoms with Crippen LogP contribution in [0, 0.1) is 0 Å². The minimum Gasteiger partial charge on any atom is -0.341 e. The van der Waals surface area contributed by atoms with E-state index in [1.54, 1.807) is 18.2 Å². The Morgan fingerprint density at radius 1 is 1.08 bits per heavy atom. The predicted octanol–water partition coefficient (Wildman–Crippen LogP) is -1.64. The van der Waals surface area contributed by atoms with E-state index in [9.17, 15) is 16.8 Å². The molecule has 17 heteroatoms. The molecule has 1 unspecified atom stereocenters. The number of H-pyrrole nitrogens is 2. The summed E-state index contributed by atoms with van der Waals surface area (Å²) in [5.74, 6) is 0.366. The van der Waals surface area contributed by atoms with Crippen LogP contribution in [-0.4, -0.2) is 79.6 Å². The maximum absolute atomic E-state index is 13.4. The Kier molecular flexibility index (Phi) is 6.75. The summed E-state index contributed by atoms with van der Waals surface area (Å²) in [6.45, 7) is 2.19. The van der Waals surface area contributed by atoms with Crippen molar-refractivity contribution in [1.29, 1.82) is 0 Å². The second-order valence-corrected chi connectivity index (χ2v) is 11.6. The molecule has 1 fully saturated rings. The minimum absolute atomic E-state index is 0.0349. The number of aromatic nitrogens is 6. The fourth-order valence-corrected chi connectivity index (χ4v) is 7.00. The average Bonchev–Trinajstić information content (AvgIpc) is 3.56. The molecule has 0 bridgehead atoms. The summed E-state index contributed by atoms with van der Waals surface area (Å²) in [5, 5.41) is 25.7. The van der Waals surface area contributed by atoms with Gasteiger partial charge in [-0.25, -0.2) is 31.7 Å². The molecule has 1 saturated heterocycles. The van der Waals surface area contributed by atoms with E-state index in [1.165, 1.54) is 12.1 Å². The Hall–Kier alpha value is -3.32. The lowest BCUT2D eigenvalue weighted by atomic mass is 9.98. The molecule has 2 aromatic carbocycles. The maximum Gasteiger partial charge on any atom is 0.241 e. The van der Waals surface area contributed by atoms with Crippen molar-refractivity contribution in [3.8, 4) is 22.5 Å². The molecule has 1 aliphatic heterocycles.